The molecule has 0 saturated carbocycles. The monoisotopic (exact) mass is 216 g/mol. The number of hydrogen-bond acceptors (Lipinski definition) is 2. The molecule has 1 aliphatic heterocycles. The van der Waals surface area contributed by atoms with E-state index in [1.165, 1.54) is 5.56 Å². The molecular formula is C14H16O2. The first-order chi connectivity index (χ1) is 7.84. The Bertz CT molecular complexity index is 368. The number of allylic oxidation sites excluding steroid dienone is 1. The summed E-state index contributed by atoms with van der Waals surface area (Å²) in [7, 11) is 0. The van der Waals surface area contributed by atoms with Crippen LogP contribution in [0.2, 0.25) is 0 Å². The Labute approximate surface area is 95.9 Å². The van der Waals surface area contributed by atoms with Crippen LogP contribution >= 0.6 is 0 Å². The predicted octanol–water partition coefficient (Wildman–Crippen LogP) is 2.84. The largest absolute Gasteiger partial charge is 0.370 e. The molecule has 2 rings (SSSR count). The first-order valence-corrected chi connectivity index (χ1v) is 5.69. The van der Waals surface area contributed by atoms with Crippen LogP contribution in [-0.4, -0.2) is 18.5 Å². The molecule has 0 spiro atoms. The fourth-order valence-electron chi connectivity index (χ4n) is 1.83. The number of Topliss-reactive ketones (excluding diaryl/α,β-unsaturated/α-hetero) is 1. The molecule has 1 aromatic rings. The SMILES string of the molecule is O=C1COC(CC/C=C/c2ccccc2)C1. The third-order valence-electron chi connectivity index (χ3n) is 2.70. The van der Waals surface area contributed by atoms with E-state index in [1.54, 1.807) is 0 Å². The molecule has 2 heteroatoms. The molecule has 1 heterocycles. The summed E-state index contributed by atoms with van der Waals surface area (Å²) in [5.41, 5.74) is 1.21. The third-order valence-corrected chi connectivity index (χ3v) is 2.70. The lowest BCUT2D eigenvalue weighted by molar-refractivity contribution is -0.117. The Kier molecular flexibility index (Phi) is 3.89. The molecule has 84 valence electrons. The molecule has 1 fully saturated rings. The zero-order chi connectivity index (χ0) is 11.2. The second-order valence-electron chi connectivity index (χ2n) is 4.07. The third kappa shape index (κ3) is 3.31. The molecule has 0 aliphatic carbocycles. The maximum atomic E-state index is 11.0. The molecule has 1 atom stereocenters. The summed E-state index contributed by atoms with van der Waals surface area (Å²) in [6, 6.07) is 10.2. The van der Waals surface area contributed by atoms with Crippen molar-refractivity contribution in [1.82, 2.24) is 0 Å². The molecule has 0 aromatic heterocycles. The highest BCUT2D eigenvalue weighted by Crippen LogP contribution is 2.15. The fourth-order valence-corrected chi connectivity index (χ4v) is 1.83. The zero-order valence-corrected chi connectivity index (χ0v) is 9.26. The summed E-state index contributed by atoms with van der Waals surface area (Å²) in [6.45, 7) is 0.313. The molecule has 0 N–H and O–H groups in total. The van der Waals surface area contributed by atoms with Gasteiger partial charge in [-0.1, -0.05) is 42.5 Å². The zero-order valence-electron chi connectivity index (χ0n) is 9.26. The standard InChI is InChI=1S/C14H16O2/c15-13-10-14(16-11-13)9-5-4-8-12-6-2-1-3-7-12/h1-4,6-8,14H,5,9-11H2/b8-4+. The van der Waals surface area contributed by atoms with Crippen LogP contribution in [0.1, 0.15) is 24.8 Å². The quantitative estimate of drug-likeness (QED) is 0.773. The van der Waals surface area contributed by atoms with Gasteiger partial charge in [0.05, 0.1) is 6.10 Å². The second-order valence-corrected chi connectivity index (χ2v) is 4.07. The van der Waals surface area contributed by atoms with E-state index >= 15 is 0 Å². The molecule has 1 aromatic carbocycles. The van der Waals surface area contributed by atoms with E-state index in [0.29, 0.717) is 13.0 Å². The van der Waals surface area contributed by atoms with E-state index in [2.05, 4.69) is 24.3 Å². The first kappa shape index (κ1) is 11.1. The topological polar surface area (TPSA) is 26.3 Å². The molecule has 1 unspecified atom stereocenters. The van der Waals surface area contributed by atoms with Gasteiger partial charge in [0.15, 0.2) is 5.78 Å². The number of ketones is 1. The van der Waals surface area contributed by atoms with Crippen LogP contribution in [0.25, 0.3) is 6.08 Å². The lowest BCUT2D eigenvalue weighted by Crippen LogP contribution is -2.03. The summed E-state index contributed by atoms with van der Waals surface area (Å²) < 4.78 is 5.33. The number of benzene rings is 1. The van der Waals surface area contributed by atoms with Crippen molar-refractivity contribution in [3.63, 3.8) is 0 Å². The van der Waals surface area contributed by atoms with Gasteiger partial charge in [-0.3, -0.25) is 4.79 Å². The minimum atomic E-state index is 0.146. The van der Waals surface area contributed by atoms with Gasteiger partial charge in [0.1, 0.15) is 6.61 Å². The van der Waals surface area contributed by atoms with Crippen LogP contribution in [0, 0.1) is 0 Å². The summed E-state index contributed by atoms with van der Waals surface area (Å²) in [4.78, 5) is 11.0. The van der Waals surface area contributed by atoms with Gasteiger partial charge in [0.25, 0.3) is 0 Å². The van der Waals surface area contributed by atoms with E-state index in [0.717, 1.165) is 12.8 Å². The average molecular weight is 216 g/mol. The maximum Gasteiger partial charge on any atom is 0.161 e. The number of carbonyl (C=O) groups is 1. The van der Waals surface area contributed by atoms with Gasteiger partial charge in [-0.2, -0.15) is 0 Å². The number of ether oxygens (including phenoxy) is 1. The van der Waals surface area contributed by atoms with Crippen molar-refractivity contribution in [2.45, 2.75) is 25.4 Å². The van der Waals surface area contributed by atoms with Crippen molar-refractivity contribution in [2.75, 3.05) is 6.61 Å². The summed E-state index contributed by atoms with van der Waals surface area (Å²) >= 11 is 0. The second kappa shape index (κ2) is 5.61. The minimum absolute atomic E-state index is 0.146. The minimum Gasteiger partial charge on any atom is -0.370 e. The Morgan fingerprint density at radius 3 is 2.81 bits per heavy atom. The molecule has 16 heavy (non-hydrogen) atoms. The Morgan fingerprint density at radius 2 is 2.12 bits per heavy atom. The number of hydrogen-bond donors (Lipinski definition) is 0. The van der Waals surface area contributed by atoms with Crippen molar-refractivity contribution >= 4 is 11.9 Å². The van der Waals surface area contributed by atoms with Crippen LogP contribution in [0.15, 0.2) is 36.4 Å². The van der Waals surface area contributed by atoms with E-state index in [4.69, 9.17) is 4.74 Å². The van der Waals surface area contributed by atoms with Gasteiger partial charge in [0.2, 0.25) is 0 Å². The number of carbonyl (C=O) groups excluding carboxylic acids is 1. The normalized spacial score (nSPS) is 20.8. The summed E-state index contributed by atoms with van der Waals surface area (Å²) in [5, 5.41) is 0. The Balaban J connectivity index is 1.72. The van der Waals surface area contributed by atoms with Crippen molar-refractivity contribution in [3.8, 4) is 0 Å². The summed E-state index contributed by atoms with van der Waals surface area (Å²) in [5.74, 6) is 0.233. The van der Waals surface area contributed by atoms with E-state index in [1.807, 2.05) is 18.2 Å². The highest BCUT2D eigenvalue weighted by atomic mass is 16.5. The summed E-state index contributed by atoms with van der Waals surface area (Å²) in [6.07, 6.45) is 6.90. The highest BCUT2D eigenvalue weighted by Gasteiger charge is 2.21. The van der Waals surface area contributed by atoms with Gasteiger partial charge < -0.3 is 4.74 Å². The van der Waals surface area contributed by atoms with Gasteiger partial charge >= 0.3 is 0 Å². The molecule has 1 saturated heterocycles. The molecule has 0 radical (unpaired) electrons. The fraction of sp³-hybridized carbons (Fsp3) is 0.357. The van der Waals surface area contributed by atoms with Crippen LogP contribution < -0.4 is 0 Å². The van der Waals surface area contributed by atoms with Gasteiger partial charge in [0, 0.05) is 6.42 Å². The number of rotatable bonds is 4. The molecular weight excluding hydrogens is 200 g/mol. The van der Waals surface area contributed by atoms with Crippen molar-refractivity contribution in [3.05, 3.63) is 42.0 Å². The molecule has 0 bridgehead atoms. The van der Waals surface area contributed by atoms with Gasteiger partial charge in [-0.25, -0.2) is 0 Å². The maximum absolute atomic E-state index is 11.0. The molecule has 0 amide bonds. The van der Waals surface area contributed by atoms with E-state index in [9.17, 15) is 4.79 Å². The molecule has 2 nitrogen and oxygen atoms in total. The van der Waals surface area contributed by atoms with Gasteiger partial charge in [-0.15, -0.1) is 0 Å². The van der Waals surface area contributed by atoms with E-state index in [-0.39, 0.29) is 11.9 Å². The van der Waals surface area contributed by atoms with Crippen LogP contribution in [0.4, 0.5) is 0 Å². The van der Waals surface area contributed by atoms with Gasteiger partial charge in [-0.05, 0) is 18.4 Å². The predicted molar refractivity (Wildman–Crippen MR) is 64.1 cm³/mol. The van der Waals surface area contributed by atoms with Crippen molar-refractivity contribution < 1.29 is 9.53 Å². The first-order valence-electron chi connectivity index (χ1n) is 5.69. The van der Waals surface area contributed by atoms with Crippen LogP contribution in [0.5, 0.6) is 0 Å². The highest BCUT2D eigenvalue weighted by molar-refractivity contribution is 5.81. The Morgan fingerprint density at radius 1 is 1.31 bits per heavy atom. The van der Waals surface area contributed by atoms with Crippen LogP contribution in [0.3, 0.4) is 0 Å². The van der Waals surface area contributed by atoms with E-state index < -0.39 is 0 Å². The smallest absolute Gasteiger partial charge is 0.161 e. The lowest BCUT2D eigenvalue weighted by atomic mass is 10.1. The average Bonchev–Trinajstić information content (AvgIpc) is 2.72. The lowest BCUT2D eigenvalue weighted by Gasteiger charge is -2.04. The van der Waals surface area contributed by atoms with Crippen molar-refractivity contribution in [1.29, 1.82) is 0 Å². The van der Waals surface area contributed by atoms with Crippen LogP contribution in [-0.2, 0) is 9.53 Å². The molecule has 1 aliphatic rings. The Hall–Kier alpha value is -1.41. The van der Waals surface area contributed by atoms with Crippen molar-refractivity contribution in [2.24, 2.45) is 0 Å².